The standard InChI is InChI=1S/C17H20O4/c1-2-21-17(20)15(13-9-6-10-14(18)11-13)16(19)12-7-4-3-5-8-12/h3-5,7-8,13,15H,2,6,9-11H2,1H3. The highest BCUT2D eigenvalue weighted by Gasteiger charge is 2.38. The Bertz CT molecular complexity index is 521. The van der Waals surface area contributed by atoms with Gasteiger partial charge in [-0.3, -0.25) is 14.4 Å². The fraction of sp³-hybridized carbons (Fsp3) is 0.471. The zero-order chi connectivity index (χ0) is 15.2. The van der Waals surface area contributed by atoms with E-state index in [2.05, 4.69) is 0 Å². The van der Waals surface area contributed by atoms with Crippen LogP contribution in [0, 0.1) is 11.8 Å². The highest BCUT2D eigenvalue weighted by atomic mass is 16.5. The van der Waals surface area contributed by atoms with Crippen LogP contribution in [0.3, 0.4) is 0 Å². The summed E-state index contributed by atoms with van der Waals surface area (Å²) in [6.45, 7) is 1.95. The van der Waals surface area contributed by atoms with Crippen LogP contribution in [0.2, 0.25) is 0 Å². The monoisotopic (exact) mass is 288 g/mol. The molecule has 0 spiro atoms. The van der Waals surface area contributed by atoms with Crippen LogP contribution >= 0.6 is 0 Å². The first-order valence-electron chi connectivity index (χ1n) is 7.41. The molecule has 0 amide bonds. The SMILES string of the molecule is CCOC(=O)C(C(=O)c1ccccc1)C1CCCC(=O)C1. The molecule has 21 heavy (non-hydrogen) atoms. The fourth-order valence-corrected chi connectivity index (χ4v) is 2.87. The van der Waals surface area contributed by atoms with Gasteiger partial charge in [0.25, 0.3) is 0 Å². The van der Waals surface area contributed by atoms with Crippen molar-refractivity contribution in [2.24, 2.45) is 11.8 Å². The van der Waals surface area contributed by atoms with Gasteiger partial charge in [-0.2, -0.15) is 0 Å². The van der Waals surface area contributed by atoms with E-state index in [9.17, 15) is 14.4 Å². The predicted octanol–water partition coefficient (Wildman–Crippen LogP) is 2.81. The van der Waals surface area contributed by atoms with E-state index in [0.717, 1.165) is 6.42 Å². The maximum absolute atomic E-state index is 12.7. The Morgan fingerprint density at radius 2 is 2.00 bits per heavy atom. The van der Waals surface area contributed by atoms with Gasteiger partial charge in [0.2, 0.25) is 0 Å². The molecule has 1 aromatic carbocycles. The van der Waals surface area contributed by atoms with Crippen molar-refractivity contribution in [2.75, 3.05) is 6.61 Å². The molecule has 0 saturated heterocycles. The minimum absolute atomic E-state index is 0.126. The Morgan fingerprint density at radius 1 is 1.29 bits per heavy atom. The molecule has 2 atom stereocenters. The van der Waals surface area contributed by atoms with Crippen molar-refractivity contribution in [1.29, 1.82) is 0 Å². The van der Waals surface area contributed by atoms with E-state index >= 15 is 0 Å². The summed E-state index contributed by atoms with van der Waals surface area (Å²) in [5, 5.41) is 0. The van der Waals surface area contributed by atoms with E-state index in [0.29, 0.717) is 24.8 Å². The maximum Gasteiger partial charge on any atom is 0.317 e. The highest BCUT2D eigenvalue weighted by Crippen LogP contribution is 2.31. The normalized spacial score (nSPS) is 19.9. The van der Waals surface area contributed by atoms with Crippen LogP contribution in [0.15, 0.2) is 30.3 Å². The van der Waals surface area contributed by atoms with Gasteiger partial charge in [-0.05, 0) is 25.7 Å². The summed E-state index contributed by atoms with van der Waals surface area (Å²) in [4.78, 5) is 36.5. The second kappa shape index (κ2) is 7.16. The molecular formula is C17H20O4. The molecule has 0 heterocycles. The predicted molar refractivity (Wildman–Crippen MR) is 77.9 cm³/mol. The summed E-state index contributed by atoms with van der Waals surface area (Å²) in [7, 11) is 0. The van der Waals surface area contributed by atoms with Crippen LogP contribution in [-0.2, 0) is 14.3 Å². The van der Waals surface area contributed by atoms with E-state index in [-0.39, 0.29) is 24.1 Å². The van der Waals surface area contributed by atoms with E-state index in [1.807, 2.05) is 6.07 Å². The number of benzene rings is 1. The molecular weight excluding hydrogens is 268 g/mol. The van der Waals surface area contributed by atoms with Crippen LogP contribution in [0.4, 0.5) is 0 Å². The van der Waals surface area contributed by atoms with Crippen molar-refractivity contribution in [3.63, 3.8) is 0 Å². The maximum atomic E-state index is 12.7. The van der Waals surface area contributed by atoms with Gasteiger partial charge in [0.05, 0.1) is 6.61 Å². The molecule has 0 N–H and O–H groups in total. The number of carbonyl (C=O) groups is 3. The Kier molecular flexibility index (Phi) is 5.26. The Hall–Kier alpha value is -1.97. The number of esters is 1. The third-order valence-corrected chi connectivity index (χ3v) is 3.87. The third kappa shape index (κ3) is 3.78. The summed E-state index contributed by atoms with van der Waals surface area (Å²) in [5.74, 6) is -1.73. The van der Waals surface area contributed by atoms with E-state index < -0.39 is 11.9 Å². The van der Waals surface area contributed by atoms with Gasteiger partial charge in [-0.25, -0.2) is 0 Å². The van der Waals surface area contributed by atoms with Gasteiger partial charge in [0, 0.05) is 18.4 Å². The van der Waals surface area contributed by atoms with Crippen molar-refractivity contribution >= 4 is 17.5 Å². The number of hydrogen-bond donors (Lipinski definition) is 0. The zero-order valence-corrected chi connectivity index (χ0v) is 12.2. The molecule has 4 heteroatoms. The first-order valence-corrected chi connectivity index (χ1v) is 7.41. The van der Waals surface area contributed by atoms with Crippen LogP contribution in [-0.4, -0.2) is 24.1 Å². The van der Waals surface area contributed by atoms with Crippen LogP contribution < -0.4 is 0 Å². The summed E-state index contributed by atoms with van der Waals surface area (Å²) in [6, 6.07) is 8.74. The third-order valence-electron chi connectivity index (χ3n) is 3.87. The molecule has 0 radical (unpaired) electrons. The zero-order valence-electron chi connectivity index (χ0n) is 12.2. The average Bonchev–Trinajstić information content (AvgIpc) is 2.48. The summed E-state index contributed by atoms with van der Waals surface area (Å²) < 4.78 is 5.06. The van der Waals surface area contributed by atoms with E-state index in [1.165, 1.54) is 0 Å². The number of ketones is 2. The van der Waals surface area contributed by atoms with Crippen LogP contribution in [0.25, 0.3) is 0 Å². The number of hydrogen-bond acceptors (Lipinski definition) is 4. The second-order valence-electron chi connectivity index (χ2n) is 5.36. The van der Waals surface area contributed by atoms with Crippen LogP contribution in [0.5, 0.6) is 0 Å². The number of ether oxygens (including phenoxy) is 1. The molecule has 0 bridgehead atoms. The number of carbonyl (C=O) groups excluding carboxylic acids is 3. The first-order chi connectivity index (χ1) is 10.1. The Labute approximate surface area is 124 Å². The van der Waals surface area contributed by atoms with Crippen molar-refractivity contribution < 1.29 is 19.1 Å². The van der Waals surface area contributed by atoms with Crippen molar-refractivity contribution in [2.45, 2.75) is 32.6 Å². The lowest BCUT2D eigenvalue weighted by molar-refractivity contribution is -0.148. The van der Waals surface area contributed by atoms with Crippen molar-refractivity contribution in [3.8, 4) is 0 Å². The fourth-order valence-electron chi connectivity index (χ4n) is 2.87. The van der Waals surface area contributed by atoms with Gasteiger partial charge in [0.1, 0.15) is 11.7 Å². The van der Waals surface area contributed by atoms with E-state index in [4.69, 9.17) is 4.74 Å². The highest BCUT2D eigenvalue weighted by molar-refractivity contribution is 6.09. The summed E-state index contributed by atoms with van der Waals surface area (Å²) in [6.07, 6.45) is 2.29. The quantitative estimate of drug-likeness (QED) is 0.475. The minimum atomic E-state index is -0.864. The molecule has 1 aromatic rings. The molecule has 1 saturated carbocycles. The largest absolute Gasteiger partial charge is 0.465 e. The molecule has 4 nitrogen and oxygen atoms in total. The lowest BCUT2D eigenvalue weighted by Gasteiger charge is -2.27. The van der Waals surface area contributed by atoms with Gasteiger partial charge >= 0.3 is 5.97 Å². The molecule has 2 unspecified atom stereocenters. The van der Waals surface area contributed by atoms with Gasteiger partial charge in [0.15, 0.2) is 5.78 Å². The molecule has 0 aliphatic heterocycles. The van der Waals surface area contributed by atoms with Gasteiger partial charge in [-0.1, -0.05) is 30.3 Å². The summed E-state index contributed by atoms with van der Waals surface area (Å²) >= 11 is 0. The summed E-state index contributed by atoms with van der Waals surface area (Å²) in [5.41, 5.74) is 0.494. The molecule has 1 aliphatic rings. The van der Waals surface area contributed by atoms with Crippen LogP contribution in [0.1, 0.15) is 43.0 Å². The van der Waals surface area contributed by atoms with Gasteiger partial charge in [-0.15, -0.1) is 0 Å². The molecule has 1 fully saturated rings. The minimum Gasteiger partial charge on any atom is -0.465 e. The molecule has 2 rings (SSSR count). The number of rotatable bonds is 5. The number of Topliss-reactive ketones (excluding diaryl/α,β-unsaturated/α-hetero) is 2. The lowest BCUT2D eigenvalue weighted by Crippen LogP contribution is -2.36. The topological polar surface area (TPSA) is 60.4 Å². The Morgan fingerprint density at radius 3 is 2.62 bits per heavy atom. The van der Waals surface area contributed by atoms with Crippen molar-refractivity contribution in [3.05, 3.63) is 35.9 Å². The Balaban J connectivity index is 2.25. The van der Waals surface area contributed by atoms with E-state index in [1.54, 1.807) is 31.2 Å². The average molecular weight is 288 g/mol. The molecule has 112 valence electrons. The van der Waals surface area contributed by atoms with Crippen molar-refractivity contribution in [1.82, 2.24) is 0 Å². The smallest absolute Gasteiger partial charge is 0.317 e. The second-order valence-corrected chi connectivity index (χ2v) is 5.36. The molecule has 1 aliphatic carbocycles. The van der Waals surface area contributed by atoms with Gasteiger partial charge < -0.3 is 4.74 Å². The molecule has 0 aromatic heterocycles. The lowest BCUT2D eigenvalue weighted by atomic mass is 9.76. The first kappa shape index (κ1) is 15.4.